The van der Waals surface area contributed by atoms with E-state index in [1.807, 2.05) is 18.2 Å². The van der Waals surface area contributed by atoms with E-state index in [0.29, 0.717) is 6.54 Å². The molecule has 3 rings (SSSR count). The van der Waals surface area contributed by atoms with Crippen LogP contribution in [-0.2, 0) is 13.0 Å². The van der Waals surface area contributed by atoms with Gasteiger partial charge in [0.2, 0.25) is 0 Å². The molecule has 1 aliphatic rings. The maximum Gasteiger partial charge on any atom is 0.133 e. The van der Waals surface area contributed by atoms with Crippen molar-refractivity contribution in [2.75, 3.05) is 5.32 Å². The van der Waals surface area contributed by atoms with E-state index in [4.69, 9.17) is 4.42 Å². The average Bonchev–Trinajstić information content (AvgIpc) is 2.97. The van der Waals surface area contributed by atoms with Gasteiger partial charge in [0.1, 0.15) is 17.9 Å². The zero-order valence-corrected chi connectivity index (χ0v) is 8.68. The Balaban J connectivity index is 1.79. The van der Waals surface area contributed by atoms with Crippen molar-refractivity contribution in [2.24, 2.45) is 0 Å². The van der Waals surface area contributed by atoms with Crippen LogP contribution in [0.15, 0.2) is 35.2 Å². The number of fused-ring (bicyclic) bond motifs is 1. The molecule has 0 aliphatic heterocycles. The maximum absolute atomic E-state index is 5.25. The molecule has 80 valence electrons. The smallest absolute Gasteiger partial charge is 0.133 e. The molecular weight excluding hydrogens is 202 g/mol. The van der Waals surface area contributed by atoms with Crippen LogP contribution in [0.1, 0.15) is 17.0 Å². The lowest BCUT2D eigenvalue weighted by molar-refractivity contribution is 0.517. The number of nitrogens with one attached hydrogen (secondary N) is 1. The largest absolute Gasteiger partial charge is 0.467 e. The molecule has 0 amide bonds. The molecule has 2 aromatic heterocycles. The van der Waals surface area contributed by atoms with E-state index in [-0.39, 0.29) is 0 Å². The van der Waals surface area contributed by atoms with E-state index >= 15 is 0 Å². The molecule has 1 aliphatic carbocycles. The van der Waals surface area contributed by atoms with Crippen molar-refractivity contribution in [3.8, 4) is 0 Å². The molecular formula is C12H11N3O. The summed E-state index contributed by atoms with van der Waals surface area (Å²) in [7, 11) is 0. The lowest BCUT2D eigenvalue weighted by Gasteiger charge is -2.07. The highest BCUT2D eigenvalue weighted by Gasteiger charge is 2.12. The second-order valence-corrected chi connectivity index (χ2v) is 3.63. The van der Waals surface area contributed by atoms with Gasteiger partial charge in [0.25, 0.3) is 0 Å². The Morgan fingerprint density at radius 3 is 3.25 bits per heavy atom. The second kappa shape index (κ2) is 3.81. The zero-order valence-electron chi connectivity index (χ0n) is 8.68. The predicted molar refractivity (Wildman–Crippen MR) is 60.8 cm³/mol. The first-order valence-electron chi connectivity index (χ1n) is 5.20. The van der Waals surface area contributed by atoms with Crippen LogP contribution in [0.4, 0.5) is 5.82 Å². The number of nitrogens with zero attached hydrogens (tertiary/aromatic N) is 2. The van der Waals surface area contributed by atoms with Crippen LogP contribution >= 0.6 is 0 Å². The summed E-state index contributed by atoms with van der Waals surface area (Å²) in [6.45, 7) is 0.649. The van der Waals surface area contributed by atoms with Gasteiger partial charge in [-0.05, 0) is 24.6 Å². The molecule has 0 fully saturated rings. The van der Waals surface area contributed by atoms with Gasteiger partial charge < -0.3 is 9.73 Å². The van der Waals surface area contributed by atoms with E-state index in [1.54, 1.807) is 12.6 Å². The summed E-state index contributed by atoms with van der Waals surface area (Å²) < 4.78 is 5.25. The molecule has 16 heavy (non-hydrogen) atoms. The van der Waals surface area contributed by atoms with Gasteiger partial charge in [-0.2, -0.15) is 0 Å². The highest BCUT2D eigenvalue weighted by atomic mass is 16.3. The number of anilines is 1. The third-order valence-electron chi connectivity index (χ3n) is 2.59. The minimum absolute atomic E-state index is 0.649. The van der Waals surface area contributed by atoms with Crippen molar-refractivity contribution in [3.63, 3.8) is 0 Å². The number of hydrogen-bond donors (Lipinski definition) is 1. The lowest BCUT2D eigenvalue weighted by Crippen LogP contribution is -2.04. The summed E-state index contributed by atoms with van der Waals surface area (Å²) in [4.78, 5) is 8.45. The zero-order chi connectivity index (χ0) is 10.8. The summed E-state index contributed by atoms with van der Waals surface area (Å²) in [5.41, 5.74) is 2.17. The van der Waals surface area contributed by atoms with E-state index < -0.39 is 0 Å². The van der Waals surface area contributed by atoms with Gasteiger partial charge in [-0.25, -0.2) is 9.97 Å². The van der Waals surface area contributed by atoms with Crippen LogP contribution in [0.3, 0.4) is 0 Å². The third-order valence-corrected chi connectivity index (χ3v) is 2.59. The fraction of sp³-hybridized carbons (Fsp3) is 0.167. The minimum atomic E-state index is 0.649. The summed E-state index contributed by atoms with van der Waals surface area (Å²) in [6.07, 6.45) is 8.27. The Labute approximate surface area is 93.0 Å². The van der Waals surface area contributed by atoms with Crippen molar-refractivity contribution in [1.29, 1.82) is 0 Å². The lowest BCUT2D eigenvalue weighted by atomic mass is 10.2. The van der Waals surface area contributed by atoms with Crippen molar-refractivity contribution in [1.82, 2.24) is 9.97 Å². The molecule has 0 saturated heterocycles. The number of furan rings is 1. The number of hydrogen-bond acceptors (Lipinski definition) is 4. The molecule has 0 spiro atoms. The standard InChI is InChI=1S/C12H11N3O/c1-4-10-11(5-1)14-8-15-12(10)13-7-9-3-2-6-16-9/h1-3,5-6,8H,4,7H2,(H,13,14,15). The molecule has 0 radical (unpaired) electrons. The van der Waals surface area contributed by atoms with Crippen molar-refractivity contribution in [2.45, 2.75) is 13.0 Å². The Bertz CT molecular complexity index is 517. The van der Waals surface area contributed by atoms with Crippen LogP contribution < -0.4 is 5.32 Å². The van der Waals surface area contributed by atoms with Gasteiger partial charge >= 0.3 is 0 Å². The normalized spacial score (nSPS) is 12.8. The summed E-state index contributed by atoms with van der Waals surface area (Å²) in [6, 6.07) is 3.82. The highest BCUT2D eigenvalue weighted by molar-refractivity contribution is 5.63. The molecule has 0 unspecified atom stereocenters. The highest BCUT2D eigenvalue weighted by Crippen LogP contribution is 2.23. The van der Waals surface area contributed by atoms with E-state index in [9.17, 15) is 0 Å². The number of allylic oxidation sites excluding steroid dienone is 1. The maximum atomic E-state index is 5.25. The van der Waals surface area contributed by atoms with Gasteiger partial charge in [0.15, 0.2) is 0 Å². The van der Waals surface area contributed by atoms with Gasteiger partial charge in [-0.3, -0.25) is 0 Å². The fourth-order valence-corrected chi connectivity index (χ4v) is 1.80. The van der Waals surface area contributed by atoms with Gasteiger partial charge in [-0.1, -0.05) is 6.08 Å². The Hall–Kier alpha value is -2.10. The SMILES string of the molecule is C1=Cc2ncnc(NCc3ccco3)c2C1. The van der Waals surface area contributed by atoms with Crippen LogP contribution in [0.2, 0.25) is 0 Å². The molecule has 1 N–H and O–H groups in total. The Morgan fingerprint density at radius 1 is 1.38 bits per heavy atom. The first kappa shape index (κ1) is 9.15. The second-order valence-electron chi connectivity index (χ2n) is 3.63. The molecule has 0 saturated carbocycles. The number of aromatic nitrogens is 2. The first-order chi connectivity index (χ1) is 7.93. The van der Waals surface area contributed by atoms with Gasteiger partial charge in [0.05, 0.1) is 18.5 Å². The topological polar surface area (TPSA) is 51.0 Å². The Morgan fingerprint density at radius 2 is 2.38 bits per heavy atom. The Kier molecular flexibility index (Phi) is 2.18. The van der Waals surface area contributed by atoms with E-state index in [2.05, 4.69) is 21.4 Å². The fourth-order valence-electron chi connectivity index (χ4n) is 1.80. The molecule has 0 atom stereocenters. The molecule has 2 heterocycles. The average molecular weight is 213 g/mol. The number of rotatable bonds is 3. The summed E-state index contributed by atoms with van der Waals surface area (Å²) in [5, 5.41) is 3.26. The molecule has 0 aromatic carbocycles. The van der Waals surface area contributed by atoms with Gasteiger partial charge in [-0.15, -0.1) is 0 Å². The van der Waals surface area contributed by atoms with Crippen molar-refractivity contribution in [3.05, 3.63) is 47.8 Å². The monoisotopic (exact) mass is 213 g/mol. The molecule has 2 aromatic rings. The van der Waals surface area contributed by atoms with Crippen LogP contribution in [0.5, 0.6) is 0 Å². The van der Waals surface area contributed by atoms with Gasteiger partial charge in [0, 0.05) is 5.56 Å². The van der Waals surface area contributed by atoms with Crippen molar-refractivity contribution < 1.29 is 4.42 Å². The predicted octanol–water partition coefficient (Wildman–Crippen LogP) is 2.25. The van der Waals surface area contributed by atoms with Crippen LogP contribution in [-0.4, -0.2) is 9.97 Å². The quantitative estimate of drug-likeness (QED) is 0.849. The summed E-state index contributed by atoms with van der Waals surface area (Å²) >= 11 is 0. The first-order valence-corrected chi connectivity index (χ1v) is 5.20. The minimum Gasteiger partial charge on any atom is -0.467 e. The summed E-state index contributed by atoms with van der Waals surface area (Å²) in [5.74, 6) is 1.80. The van der Waals surface area contributed by atoms with Crippen LogP contribution in [0, 0.1) is 0 Å². The molecule has 0 bridgehead atoms. The van der Waals surface area contributed by atoms with E-state index in [0.717, 1.165) is 29.3 Å². The molecule has 4 nitrogen and oxygen atoms in total. The molecule has 4 heteroatoms. The van der Waals surface area contributed by atoms with E-state index in [1.165, 1.54) is 0 Å². The van der Waals surface area contributed by atoms with Crippen molar-refractivity contribution >= 4 is 11.9 Å². The van der Waals surface area contributed by atoms with Crippen LogP contribution in [0.25, 0.3) is 6.08 Å². The third kappa shape index (κ3) is 1.58.